The Morgan fingerprint density at radius 3 is 2.85 bits per heavy atom. The van der Waals surface area contributed by atoms with Gasteiger partial charge in [0.2, 0.25) is 0 Å². The molecule has 0 aromatic carbocycles. The molecule has 20 heavy (non-hydrogen) atoms. The van der Waals surface area contributed by atoms with E-state index in [0.29, 0.717) is 29.7 Å². The molecule has 6 nitrogen and oxygen atoms in total. The van der Waals surface area contributed by atoms with Crippen molar-refractivity contribution in [3.63, 3.8) is 0 Å². The van der Waals surface area contributed by atoms with Crippen molar-refractivity contribution in [3.8, 4) is 5.75 Å². The second-order valence-electron chi connectivity index (χ2n) is 5.27. The number of nitrogens with two attached hydrogens (primary N) is 1. The van der Waals surface area contributed by atoms with E-state index in [0.717, 1.165) is 12.2 Å². The summed E-state index contributed by atoms with van der Waals surface area (Å²) in [5, 5.41) is 11.9. The first-order valence-corrected chi connectivity index (χ1v) is 6.82. The first-order chi connectivity index (χ1) is 9.52. The van der Waals surface area contributed by atoms with Crippen LogP contribution in [0.1, 0.15) is 29.8 Å². The van der Waals surface area contributed by atoms with Crippen LogP contribution in [0.25, 0.3) is 0 Å². The smallest absolute Gasteiger partial charge is 0.175 e. The van der Waals surface area contributed by atoms with Crippen LogP contribution in [0.5, 0.6) is 5.75 Å². The number of aromatic nitrogens is 1. The van der Waals surface area contributed by atoms with Crippen molar-refractivity contribution in [2.45, 2.75) is 32.7 Å². The van der Waals surface area contributed by atoms with Gasteiger partial charge in [0.25, 0.3) is 0 Å². The molecule has 1 saturated carbocycles. The van der Waals surface area contributed by atoms with Gasteiger partial charge < -0.3 is 20.6 Å². The average molecular weight is 278 g/mol. The zero-order valence-corrected chi connectivity index (χ0v) is 12.3. The van der Waals surface area contributed by atoms with E-state index >= 15 is 0 Å². The fraction of sp³-hybridized carbons (Fsp3) is 0.571. The summed E-state index contributed by atoms with van der Waals surface area (Å²) in [6.45, 7) is 5.15. The first-order valence-electron chi connectivity index (χ1n) is 6.82. The minimum atomic E-state index is 0.0283. The molecule has 0 unspecified atom stereocenters. The van der Waals surface area contributed by atoms with Gasteiger partial charge in [-0.3, -0.25) is 4.98 Å². The predicted molar refractivity (Wildman–Crippen MR) is 77.4 cm³/mol. The van der Waals surface area contributed by atoms with E-state index in [1.165, 1.54) is 12.8 Å². The van der Waals surface area contributed by atoms with Crippen LogP contribution in [0.4, 0.5) is 0 Å². The fourth-order valence-electron chi connectivity index (χ4n) is 2.27. The maximum absolute atomic E-state index is 8.87. The third-order valence-corrected chi connectivity index (χ3v) is 3.53. The van der Waals surface area contributed by atoms with Crippen molar-refractivity contribution in [3.05, 3.63) is 23.0 Å². The molecule has 0 saturated heterocycles. The summed E-state index contributed by atoms with van der Waals surface area (Å²) >= 11 is 0. The molecule has 1 aromatic rings. The van der Waals surface area contributed by atoms with E-state index in [2.05, 4.69) is 22.1 Å². The number of oxime groups is 1. The largest absolute Gasteiger partial charge is 0.491 e. The predicted octanol–water partition coefficient (Wildman–Crippen LogP) is 1.27. The number of likely N-dealkylation sites (N-methyl/N-ethyl adjacent to an activating group) is 1. The van der Waals surface area contributed by atoms with Crippen LogP contribution >= 0.6 is 0 Å². The lowest BCUT2D eigenvalue weighted by molar-refractivity contribution is 0.231. The summed E-state index contributed by atoms with van der Waals surface area (Å²) in [6.07, 6.45) is 2.55. The summed E-state index contributed by atoms with van der Waals surface area (Å²) in [5.41, 5.74) is 7.82. The summed E-state index contributed by atoms with van der Waals surface area (Å²) in [5.74, 6) is 0.648. The van der Waals surface area contributed by atoms with Crippen molar-refractivity contribution in [2.24, 2.45) is 10.9 Å². The average Bonchev–Trinajstić information content (AvgIpc) is 3.21. The molecular weight excluding hydrogens is 256 g/mol. The zero-order valence-electron chi connectivity index (χ0n) is 12.3. The Labute approximate surface area is 119 Å². The van der Waals surface area contributed by atoms with Gasteiger partial charge in [-0.15, -0.1) is 0 Å². The highest BCUT2D eigenvalue weighted by molar-refractivity contribution is 6.00. The lowest BCUT2D eigenvalue weighted by Gasteiger charge is -2.18. The molecule has 0 amide bonds. The molecule has 1 aromatic heterocycles. The second kappa shape index (κ2) is 6.09. The van der Waals surface area contributed by atoms with E-state index < -0.39 is 0 Å². The molecule has 1 aliphatic carbocycles. The quantitative estimate of drug-likeness (QED) is 0.354. The van der Waals surface area contributed by atoms with Gasteiger partial charge in [-0.2, -0.15) is 0 Å². The van der Waals surface area contributed by atoms with Crippen LogP contribution in [0, 0.1) is 13.8 Å². The van der Waals surface area contributed by atoms with Crippen LogP contribution in [0.3, 0.4) is 0 Å². The van der Waals surface area contributed by atoms with E-state index in [9.17, 15) is 0 Å². The number of ether oxygens (including phenoxy) is 1. The number of pyridine rings is 1. The van der Waals surface area contributed by atoms with Crippen molar-refractivity contribution >= 4 is 5.84 Å². The molecule has 6 heteroatoms. The zero-order chi connectivity index (χ0) is 14.7. The van der Waals surface area contributed by atoms with E-state index in [-0.39, 0.29) is 5.84 Å². The highest BCUT2D eigenvalue weighted by atomic mass is 16.5. The third-order valence-electron chi connectivity index (χ3n) is 3.53. The monoisotopic (exact) mass is 278 g/mol. The van der Waals surface area contributed by atoms with Crippen molar-refractivity contribution < 1.29 is 9.94 Å². The third kappa shape index (κ3) is 3.39. The molecule has 0 atom stereocenters. The SMILES string of the molecule is Cc1cc(OCCN(C)C2CC2)c(/C(N)=N/O)c(C)n1. The maximum Gasteiger partial charge on any atom is 0.175 e. The summed E-state index contributed by atoms with van der Waals surface area (Å²) in [6, 6.07) is 2.53. The second-order valence-corrected chi connectivity index (χ2v) is 5.27. The van der Waals surface area contributed by atoms with Gasteiger partial charge in [-0.1, -0.05) is 5.16 Å². The number of hydrogen-bond acceptors (Lipinski definition) is 5. The van der Waals surface area contributed by atoms with Gasteiger partial charge in [0, 0.05) is 24.3 Å². The highest BCUT2D eigenvalue weighted by Gasteiger charge is 2.25. The van der Waals surface area contributed by atoms with Gasteiger partial charge in [-0.05, 0) is 33.7 Å². The number of rotatable bonds is 6. The van der Waals surface area contributed by atoms with Gasteiger partial charge in [0.05, 0.1) is 11.3 Å². The number of nitrogens with zero attached hydrogens (tertiary/aromatic N) is 3. The number of aryl methyl sites for hydroxylation is 2. The Hall–Kier alpha value is -1.82. The maximum atomic E-state index is 8.87. The molecular formula is C14H22N4O2. The van der Waals surface area contributed by atoms with Gasteiger partial charge in [0.1, 0.15) is 12.4 Å². The van der Waals surface area contributed by atoms with E-state index in [1.54, 1.807) is 0 Å². The molecule has 1 fully saturated rings. The van der Waals surface area contributed by atoms with Crippen LogP contribution in [0.15, 0.2) is 11.2 Å². The summed E-state index contributed by atoms with van der Waals surface area (Å²) in [4.78, 5) is 6.62. The van der Waals surface area contributed by atoms with Crippen LogP contribution in [-0.2, 0) is 0 Å². The Bertz CT molecular complexity index is 512. The van der Waals surface area contributed by atoms with Crippen molar-refractivity contribution in [1.29, 1.82) is 0 Å². The standard InChI is InChI=1S/C14H22N4O2/c1-9-8-12(13(10(2)16-9)14(15)17-19)20-7-6-18(3)11-4-5-11/h8,11,19H,4-7H2,1-3H3,(H2,15,17). The molecule has 0 bridgehead atoms. The normalized spacial score (nSPS) is 15.7. The molecule has 0 aliphatic heterocycles. The minimum absolute atomic E-state index is 0.0283. The first kappa shape index (κ1) is 14.6. The van der Waals surface area contributed by atoms with Crippen LogP contribution < -0.4 is 10.5 Å². The Morgan fingerprint density at radius 2 is 2.25 bits per heavy atom. The van der Waals surface area contributed by atoms with Crippen LogP contribution in [-0.4, -0.2) is 47.2 Å². The molecule has 1 aliphatic rings. The molecule has 0 radical (unpaired) electrons. The lowest BCUT2D eigenvalue weighted by Crippen LogP contribution is -2.27. The van der Waals surface area contributed by atoms with E-state index in [4.69, 9.17) is 15.7 Å². The molecule has 110 valence electrons. The van der Waals surface area contributed by atoms with Gasteiger partial charge in [0.15, 0.2) is 5.84 Å². The van der Waals surface area contributed by atoms with Crippen molar-refractivity contribution in [2.75, 3.05) is 20.2 Å². The summed E-state index contributed by atoms with van der Waals surface area (Å²) < 4.78 is 5.82. The Kier molecular flexibility index (Phi) is 4.44. The highest BCUT2D eigenvalue weighted by Crippen LogP contribution is 2.25. The van der Waals surface area contributed by atoms with Gasteiger partial charge >= 0.3 is 0 Å². The number of amidine groups is 1. The molecule has 0 spiro atoms. The molecule has 1 heterocycles. The topological polar surface area (TPSA) is 84.0 Å². The Morgan fingerprint density at radius 1 is 1.55 bits per heavy atom. The van der Waals surface area contributed by atoms with Crippen molar-refractivity contribution in [1.82, 2.24) is 9.88 Å². The lowest BCUT2D eigenvalue weighted by atomic mass is 10.1. The van der Waals surface area contributed by atoms with Crippen LogP contribution in [0.2, 0.25) is 0 Å². The molecule has 2 rings (SSSR count). The van der Waals surface area contributed by atoms with Gasteiger partial charge in [-0.25, -0.2) is 0 Å². The Balaban J connectivity index is 2.08. The number of hydrogen-bond donors (Lipinski definition) is 2. The van der Waals surface area contributed by atoms with E-state index in [1.807, 2.05) is 19.9 Å². The molecule has 3 N–H and O–H groups in total. The summed E-state index contributed by atoms with van der Waals surface area (Å²) in [7, 11) is 2.11. The minimum Gasteiger partial charge on any atom is -0.491 e. The fourth-order valence-corrected chi connectivity index (χ4v) is 2.27.